The normalized spacial score (nSPS) is 15.1. The lowest BCUT2D eigenvalue weighted by molar-refractivity contribution is -0.198. The van der Waals surface area contributed by atoms with Crippen molar-refractivity contribution in [2.45, 2.75) is 57.5 Å². The van der Waals surface area contributed by atoms with Crippen molar-refractivity contribution in [3.63, 3.8) is 0 Å². The fourth-order valence-corrected chi connectivity index (χ4v) is 8.20. The van der Waals surface area contributed by atoms with Crippen LogP contribution >= 0.6 is 0 Å². The Balaban J connectivity index is 0.000000363. The molecule has 3 N–H and O–H groups in total. The lowest BCUT2D eigenvalue weighted by Gasteiger charge is -2.37. The fourth-order valence-electron chi connectivity index (χ4n) is 7.74. The van der Waals surface area contributed by atoms with Crippen LogP contribution in [0.3, 0.4) is 0 Å². The quantitative estimate of drug-likeness (QED) is 0.0465. The summed E-state index contributed by atoms with van der Waals surface area (Å²) in [6.45, 7) is 13.9. The minimum absolute atomic E-state index is 0.0635. The number of ether oxygens (including phenoxy) is 12. The summed E-state index contributed by atoms with van der Waals surface area (Å²) in [5.41, 5.74) is 0.895. The largest absolute Gasteiger partial charge is 0.382 e. The Bertz CT molecular complexity index is 2290. The van der Waals surface area contributed by atoms with Crippen molar-refractivity contribution < 1.29 is 98.9 Å². The van der Waals surface area contributed by atoms with Gasteiger partial charge in [0.25, 0.3) is 17.7 Å². The molecule has 1 aromatic heterocycles. The number of piperidine rings is 1. The van der Waals surface area contributed by atoms with E-state index in [-0.39, 0.29) is 70.9 Å². The number of carbonyl (C=O) groups excluding carboxylic acids is 6. The Morgan fingerprint density at radius 1 is 0.651 bits per heavy atom. The Labute approximate surface area is 484 Å². The third-order valence-corrected chi connectivity index (χ3v) is 12.8. The molecule has 30 nitrogen and oxygen atoms in total. The van der Waals surface area contributed by atoms with Gasteiger partial charge in [-0.2, -0.15) is 0 Å². The van der Waals surface area contributed by atoms with Gasteiger partial charge in [0, 0.05) is 64.0 Å². The lowest BCUT2D eigenvalue weighted by Crippen LogP contribution is -2.56. The van der Waals surface area contributed by atoms with E-state index in [0.717, 1.165) is 29.7 Å². The maximum absolute atomic E-state index is 13.1. The number of nitrogens with one attached hydrogen (secondary N) is 3. The Morgan fingerprint density at radius 2 is 1.13 bits per heavy atom. The van der Waals surface area contributed by atoms with E-state index in [4.69, 9.17) is 61.7 Å². The van der Waals surface area contributed by atoms with Crippen molar-refractivity contribution in [1.29, 1.82) is 0 Å². The summed E-state index contributed by atoms with van der Waals surface area (Å²) in [5, 5.41) is 14.6. The lowest BCUT2D eigenvalue weighted by atomic mass is 9.87. The van der Waals surface area contributed by atoms with Crippen molar-refractivity contribution in [2.75, 3.05) is 197 Å². The maximum Gasteiger partial charge on any atom is 0.335 e. The van der Waals surface area contributed by atoms with E-state index in [2.05, 4.69) is 32.6 Å². The van der Waals surface area contributed by atoms with Crippen molar-refractivity contribution in [2.24, 2.45) is 0 Å². The molecule has 0 atom stereocenters. The van der Waals surface area contributed by atoms with Gasteiger partial charge in [0.2, 0.25) is 10.0 Å². The van der Waals surface area contributed by atoms with E-state index < -0.39 is 45.3 Å². The van der Waals surface area contributed by atoms with E-state index in [1.165, 1.54) is 0 Å². The molecule has 1 aromatic carbocycles. The number of amides is 7. The number of benzene rings is 1. The highest BCUT2D eigenvalue weighted by Crippen LogP contribution is 2.30. The molecule has 0 bridgehead atoms. The molecule has 2 aromatic rings. The predicted molar refractivity (Wildman–Crippen MR) is 294 cm³/mol. The highest BCUT2D eigenvalue weighted by Gasteiger charge is 2.52. The minimum atomic E-state index is -3.44. The summed E-state index contributed by atoms with van der Waals surface area (Å²) in [6.07, 6.45) is 4.35. The number of nitrogens with zero attached hydrogens (tertiary/aromatic N) is 6. The Kier molecular flexibility index (Phi) is 35.1. The molecule has 0 radical (unpaired) electrons. The molecule has 3 saturated heterocycles. The van der Waals surface area contributed by atoms with Gasteiger partial charge in [-0.05, 0) is 31.4 Å². The zero-order valence-electron chi connectivity index (χ0n) is 48.1. The van der Waals surface area contributed by atoms with Gasteiger partial charge >= 0.3 is 18.0 Å². The molecule has 7 amide bonds. The zero-order chi connectivity index (χ0) is 59.8. The topological polar surface area (TPSA) is 333 Å². The molecule has 470 valence electrons. The second-order valence-electron chi connectivity index (χ2n) is 18.5. The van der Waals surface area contributed by atoms with Crippen molar-refractivity contribution >= 4 is 51.5 Å². The van der Waals surface area contributed by atoms with Gasteiger partial charge in [-0.25, -0.2) is 32.2 Å². The molecule has 3 fully saturated rings. The summed E-state index contributed by atoms with van der Waals surface area (Å²) in [5.74, 6) is -2.12. The van der Waals surface area contributed by atoms with Crippen LogP contribution in [-0.4, -0.2) is 271 Å². The number of carbonyl (C=O) groups is 6. The monoisotopic (exact) mass is 1200 g/mol. The SMILES string of the molecule is CCCOCCOCCOCCn1cc(-c2cccc(NC(=O)N3CCC4(CC3)NC(=O)N(CCNS(C)(=O)=O)C4=O)c2)nn1.COCCOCCOCCOCCOCCOCCOCCOCCOCCC(=O)ON1C(=O)CCC1=O. The number of hydrogen-bond donors (Lipinski definition) is 3. The smallest absolute Gasteiger partial charge is 0.335 e. The molecule has 0 saturated carbocycles. The number of urea groups is 2. The fraction of sp³-hybridized carbons (Fsp3) is 0.731. The highest BCUT2D eigenvalue weighted by molar-refractivity contribution is 7.88. The standard InChI is InChI=1S/C28H42N8O8S.C24H43NO13/c1-3-14-42-16-18-44-19-17-43-15-13-35-21-24(32-33-35)22-5-4-6-23(20-22)30-26(38)34-10-7-28(8-11-34)25(37)36(27(39)31-28)12-9-29-45(2,40)41;1-29-6-7-31-10-11-33-14-15-35-18-19-37-21-20-36-17-16-34-13-12-32-9-8-30-5-4-24(28)38-25-22(26)2-3-23(25)27/h4-6,20-21,29H,3,7-19H2,1-2H3,(H,30,38)(H,31,39);2-21H2,1H3. The van der Waals surface area contributed by atoms with Crippen LogP contribution < -0.4 is 15.4 Å². The summed E-state index contributed by atoms with van der Waals surface area (Å²) < 4.78 is 90.8. The minimum Gasteiger partial charge on any atom is -0.382 e. The molecule has 3 aliphatic rings. The van der Waals surface area contributed by atoms with E-state index in [1.54, 1.807) is 28.8 Å². The van der Waals surface area contributed by atoms with Crippen LogP contribution in [0.25, 0.3) is 11.3 Å². The number of aromatic nitrogens is 3. The number of rotatable bonds is 45. The molecule has 31 heteroatoms. The van der Waals surface area contributed by atoms with Crippen LogP contribution in [0.1, 0.15) is 45.4 Å². The van der Waals surface area contributed by atoms with Crippen LogP contribution in [0.5, 0.6) is 0 Å². The second-order valence-corrected chi connectivity index (χ2v) is 20.4. The molecule has 0 aliphatic carbocycles. The molecule has 5 rings (SSSR count). The highest BCUT2D eigenvalue weighted by atomic mass is 32.2. The average molecular weight is 1200 g/mol. The first-order chi connectivity index (χ1) is 40.2. The summed E-state index contributed by atoms with van der Waals surface area (Å²) >= 11 is 0. The van der Waals surface area contributed by atoms with Gasteiger partial charge in [0.15, 0.2) is 0 Å². The second kappa shape index (κ2) is 41.6. The number of likely N-dealkylation sites (tertiary alicyclic amines) is 1. The molecule has 1 spiro atoms. The average Bonchev–Trinajstić information content (AvgIpc) is 4.27. The number of hydrogen-bond acceptors (Lipinski definition) is 23. The zero-order valence-corrected chi connectivity index (χ0v) is 48.9. The van der Waals surface area contributed by atoms with Gasteiger partial charge in [0.1, 0.15) is 11.2 Å². The van der Waals surface area contributed by atoms with E-state index in [1.807, 2.05) is 18.3 Å². The molecule has 83 heavy (non-hydrogen) atoms. The first-order valence-electron chi connectivity index (χ1n) is 27.8. The molecule has 4 heterocycles. The first kappa shape index (κ1) is 70.1. The van der Waals surface area contributed by atoms with Crippen LogP contribution in [0, 0.1) is 0 Å². The summed E-state index contributed by atoms with van der Waals surface area (Å²) in [7, 11) is -1.81. The van der Waals surface area contributed by atoms with Crippen LogP contribution in [0.15, 0.2) is 30.5 Å². The van der Waals surface area contributed by atoms with Crippen molar-refractivity contribution in [3.8, 4) is 11.3 Å². The molecule has 0 unspecified atom stereocenters. The third-order valence-electron chi connectivity index (χ3n) is 12.0. The predicted octanol–water partition coefficient (Wildman–Crippen LogP) is 0.635. The summed E-state index contributed by atoms with van der Waals surface area (Å²) in [4.78, 5) is 80.2. The molecular weight excluding hydrogens is 1120 g/mol. The number of hydroxylamine groups is 2. The van der Waals surface area contributed by atoms with Crippen LogP contribution in [0.2, 0.25) is 0 Å². The number of anilines is 1. The van der Waals surface area contributed by atoms with Gasteiger partial charge < -0.3 is 77.2 Å². The van der Waals surface area contributed by atoms with Gasteiger partial charge in [-0.15, -0.1) is 10.2 Å². The van der Waals surface area contributed by atoms with Crippen molar-refractivity contribution in [3.05, 3.63) is 30.5 Å². The van der Waals surface area contributed by atoms with Gasteiger partial charge in [-0.3, -0.25) is 19.3 Å². The number of imide groups is 2. The number of sulfonamides is 1. The Morgan fingerprint density at radius 3 is 1.63 bits per heavy atom. The third kappa shape index (κ3) is 29.3. The van der Waals surface area contributed by atoms with E-state index in [0.29, 0.717) is 162 Å². The maximum atomic E-state index is 13.1. The molecular formula is C52H85N9O21S. The van der Waals surface area contributed by atoms with Crippen molar-refractivity contribution in [1.82, 2.24) is 39.9 Å². The number of methoxy groups -OCH3 is 1. The van der Waals surface area contributed by atoms with Gasteiger partial charge in [0.05, 0.1) is 171 Å². The molecule has 3 aliphatic heterocycles. The van der Waals surface area contributed by atoms with Crippen LogP contribution in [0.4, 0.5) is 15.3 Å². The van der Waals surface area contributed by atoms with Crippen LogP contribution in [-0.2, 0) is 97.4 Å². The van der Waals surface area contributed by atoms with E-state index >= 15 is 0 Å². The summed E-state index contributed by atoms with van der Waals surface area (Å²) in [6, 6.07) is 6.37. The first-order valence-corrected chi connectivity index (χ1v) is 29.7. The van der Waals surface area contributed by atoms with E-state index in [9.17, 15) is 37.2 Å². The Hall–Kier alpha value is -5.39. The van der Waals surface area contributed by atoms with Gasteiger partial charge in [-0.1, -0.05) is 24.3 Å².